The molecule has 6 nitrogen and oxygen atoms in total. The summed E-state index contributed by atoms with van der Waals surface area (Å²) in [6.07, 6.45) is 5.13. The summed E-state index contributed by atoms with van der Waals surface area (Å²) in [5.41, 5.74) is 1.70. The van der Waals surface area contributed by atoms with Crippen molar-refractivity contribution in [2.45, 2.75) is 25.9 Å². The van der Waals surface area contributed by atoms with Gasteiger partial charge in [-0.3, -0.25) is 0 Å². The van der Waals surface area contributed by atoms with Crippen LogP contribution < -0.4 is 5.32 Å². The maximum atomic E-state index is 12.4. The SMILES string of the molecule is CC(O)C1CCCN(C(=O)Nc2ccc(-n3cccn3)cc2)C1. The first-order valence-electron chi connectivity index (χ1n) is 7.97. The average molecular weight is 314 g/mol. The Morgan fingerprint density at radius 2 is 2.17 bits per heavy atom. The molecule has 2 heterocycles. The molecule has 2 atom stereocenters. The van der Waals surface area contributed by atoms with E-state index in [2.05, 4.69) is 10.4 Å². The molecule has 122 valence electrons. The second kappa shape index (κ2) is 6.83. The summed E-state index contributed by atoms with van der Waals surface area (Å²) in [5.74, 6) is 0.164. The van der Waals surface area contributed by atoms with Crippen molar-refractivity contribution in [3.63, 3.8) is 0 Å². The number of hydrogen-bond acceptors (Lipinski definition) is 3. The van der Waals surface area contributed by atoms with Crippen molar-refractivity contribution < 1.29 is 9.90 Å². The number of nitrogens with zero attached hydrogens (tertiary/aromatic N) is 3. The molecule has 6 heteroatoms. The zero-order valence-corrected chi connectivity index (χ0v) is 13.2. The predicted octanol–water partition coefficient (Wildman–Crippen LogP) is 2.50. The highest BCUT2D eigenvalue weighted by Crippen LogP contribution is 2.21. The third-order valence-electron chi connectivity index (χ3n) is 4.31. The van der Waals surface area contributed by atoms with Gasteiger partial charge in [0.05, 0.1) is 11.8 Å². The molecule has 2 amide bonds. The monoisotopic (exact) mass is 314 g/mol. The summed E-state index contributed by atoms with van der Waals surface area (Å²) < 4.78 is 1.77. The van der Waals surface area contributed by atoms with Crippen LogP contribution >= 0.6 is 0 Å². The first-order valence-corrected chi connectivity index (χ1v) is 7.97. The van der Waals surface area contributed by atoms with Crippen LogP contribution in [0.15, 0.2) is 42.7 Å². The van der Waals surface area contributed by atoms with Gasteiger partial charge < -0.3 is 15.3 Å². The lowest BCUT2D eigenvalue weighted by Crippen LogP contribution is -2.44. The first-order chi connectivity index (χ1) is 11.1. The molecule has 1 aromatic heterocycles. The molecule has 0 saturated carbocycles. The van der Waals surface area contributed by atoms with Gasteiger partial charge in [0.2, 0.25) is 0 Å². The molecule has 2 N–H and O–H groups in total. The standard InChI is InChI=1S/C17H22N4O2/c1-13(22)14-4-2-10-20(12-14)17(23)19-15-5-7-16(8-6-15)21-11-3-9-18-21/h3,5-9,11,13-14,22H,2,4,10,12H2,1H3,(H,19,23). The fraction of sp³-hybridized carbons (Fsp3) is 0.412. The molecule has 23 heavy (non-hydrogen) atoms. The van der Waals surface area contributed by atoms with Gasteiger partial charge in [-0.25, -0.2) is 9.48 Å². The van der Waals surface area contributed by atoms with Crippen molar-refractivity contribution in [3.05, 3.63) is 42.7 Å². The largest absolute Gasteiger partial charge is 0.393 e. The van der Waals surface area contributed by atoms with Gasteiger partial charge in [-0.1, -0.05) is 0 Å². The molecule has 1 aliphatic heterocycles. The number of piperidine rings is 1. The second-order valence-corrected chi connectivity index (χ2v) is 6.02. The van der Waals surface area contributed by atoms with Gasteiger partial charge in [0.15, 0.2) is 0 Å². The Morgan fingerprint density at radius 3 is 2.83 bits per heavy atom. The number of carbonyl (C=O) groups is 1. The summed E-state index contributed by atoms with van der Waals surface area (Å²) in [5, 5.41) is 16.8. The summed E-state index contributed by atoms with van der Waals surface area (Å²) >= 11 is 0. The first kappa shape index (κ1) is 15.6. The molecule has 0 bridgehead atoms. The van der Waals surface area contributed by atoms with Crippen LogP contribution in [-0.2, 0) is 0 Å². The topological polar surface area (TPSA) is 70.4 Å². The highest BCUT2D eigenvalue weighted by atomic mass is 16.3. The van der Waals surface area contributed by atoms with Gasteiger partial charge >= 0.3 is 6.03 Å². The average Bonchev–Trinajstić information content (AvgIpc) is 3.10. The Kier molecular flexibility index (Phi) is 4.62. The number of nitrogens with one attached hydrogen (secondary N) is 1. The van der Waals surface area contributed by atoms with Gasteiger partial charge in [-0.05, 0) is 50.1 Å². The summed E-state index contributed by atoms with van der Waals surface area (Å²) in [6, 6.07) is 9.32. The molecule has 0 spiro atoms. The lowest BCUT2D eigenvalue weighted by atomic mass is 9.94. The Bertz CT molecular complexity index is 637. The molecule has 2 aromatic rings. The molecule has 1 fully saturated rings. The molecule has 1 saturated heterocycles. The van der Waals surface area contributed by atoms with Crippen LogP contribution in [0.1, 0.15) is 19.8 Å². The maximum absolute atomic E-state index is 12.4. The smallest absolute Gasteiger partial charge is 0.321 e. The van der Waals surface area contributed by atoms with Crippen molar-refractivity contribution in [3.8, 4) is 5.69 Å². The Morgan fingerprint density at radius 1 is 1.39 bits per heavy atom. The zero-order chi connectivity index (χ0) is 16.2. The molecule has 0 radical (unpaired) electrons. The number of likely N-dealkylation sites (tertiary alicyclic amines) is 1. The lowest BCUT2D eigenvalue weighted by Gasteiger charge is -2.34. The Balaban J connectivity index is 1.61. The van der Waals surface area contributed by atoms with E-state index in [0.29, 0.717) is 6.54 Å². The predicted molar refractivity (Wildman–Crippen MR) is 88.6 cm³/mol. The van der Waals surface area contributed by atoms with Crippen molar-refractivity contribution in [2.75, 3.05) is 18.4 Å². The van der Waals surface area contributed by atoms with Crippen LogP contribution in [0.3, 0.4) is 0 Å². The minimum absolute atomic E-state index is 0.109. The normalized spacial score (nSPS) is 19.4. The molecule has 3 rings (SSSR count). The molecule has 1 aromatic carbocycles. The van der Waals surface area contributed by atoms with Crippen LogP contribution in [0.5, 0.6) is 0 Å². The van der Waals surface area contributed by atoms with Gasteiger partial charge in [0.25, 0.3) is 0 Å². The Labute approximate surface area is 135 Å². The number of carbonyl (C=O) groups excluding carboxylic acids is 1. The van der Waals surface area contributed by atoms with E-state index in [9.17, 15) is 9.90 Å². The van der Waals surface area contributed by atoms with Gasteiger partial charge in [0, 0.05) is 37.1 Å². The van der Waals surface area contributed by atoms with Crippen LogP contribution in [0.2, 0.25) is 0 Å². The molecule has 1 aliphatic rings. The molecule has 2 unspecified atom stereocenters. The maximum Gasteiger partial charge on any atom is 0.321 e. The van der Waals surface area contributed by atoms with Gasteiger partial charge in [-0.15, -0.1) is 0 Å². The number of anilines is 1. The fourth-order valence-corrected chi connectivity index (χ4v) is 2.91. The second-order valence-electron chi connectivity index (χ2n) is 6.02. The van der Waals surface area contributed by atoms with E-state index in [1.54, 1.807) is 22.7 Å². The van der Waals surface area contributed by atoms with E-state index in [4.69, 9.17) is 0 Å². The minimum Gasteiger partial charge on any atom is -0.393 e. The number of benzene rings is 1. The number of aliphatic hydroxyl groups is 1. The number of hydrogen-bond donors (Lipinski definition) is 2. The highest BCUT2D eigenvalue weighted by Gasteiger charge is 2.26. The summed E-state index contributed by atoms with van der Waals surface area (Å²) in [6.45, 7) is 3.13. The number of amides is 2. The van der Waals surface area contributed by atoms with E-state index < -0.39 is 0 Å². The van der Waals surface area contributed by atoms with Crippen LogP contribution in [0.4, 0.5) is 10.5 Å². The van der Waals surface area contributed by atoms with Crippen LogP contribution in [-0.4, -0.2) is 45.0 Å². The Hall–Kier alpha value is -2.34. The molecule has 0 aliphatic carbocycles. The number of aliphatic hydroxyl groups excluding tert-OH is 1. The zero-order valence-electron chi connectivity index (χ0n) is 13.2. The lowest BCUT2D eigenvalue weighted by molar-refractivity contribution is 0.0766. The minimum atomic E-state index is -0.376. The van der Waals surface area contributed by atoms with E-state index in [-0.39, 0.29) is 18.1 Å². The third kappa shape index (κ3) is 3.71. The van der Waals surface area contributed by atoms with Crippen molar-refractivity contribution in [1.29, 1.82) is 0 Å². The van der Waals surface area contributed by atoms with Gasteiger partial charge in [0.1, 0.15) is 0 Å². The molecular weight excluding hydrogens is 292 g/mol. The quantitative estimate of drug-likeness (QED) is 0.914. The summed E-state index contributed by atoms with van der Waals surface area (Å²) in [7, 11) is 0. The summed E-state index contributed by atoms with van der Waals surface area (Å²) in [4.78, 5) is 14.1. The highest BCUT2D eigenvalue weighted by molar-refractivity contribution is 5.89. The van der Waals surface area contributed by atoms with Gasteiger partial charge in [-0.2, -0.15) is 5.10 Å². The number of rotatable bonds is 3. The van der Waals surface area contributed by atoms with Crippen molar-refractivity contribution in [2.24, 2.45) is 5.92 Å². The van der Waals surface area contributed by atoms with E-state index >= 15 is 0 Å². The third-order valence-corrected chi connectivity index (χ3v) is 4.31. The van der Waals surface area contributed by atoms with E-state index in [1.807, 2.05) is 36.5 Å². The van der Waals surface area contributed by atoms with E-state index in [1.165, 1.54) is 0 Å². The van der Waals surface area contributed by atoms with Crippen molar-refractivity contribution >= 4 is 11.7 Å². The van der Waals surface area contributed by atoms with Crippen LogP contribution in [0.25, 0.3) is 5.69 Å². The van der Waals surface area contributed by atoms with Crippen LogP contribution in [0, 0.1) is 5.92 Å². The molecular formula is C17H22N4O2. The fourth-order valence-electron chi connectivity index (χ4n) is 2.91. The number of urea groups is 1. The van der Waals surface area contributed by atoms with E-state index in [0.717, 1.165) is 30.8 Å². The number of aromatic nitrogens is 2. The van der Waals surface area contributed by atoms with Crippen molar-refractivity contribution in [1.82, 2.24) is 14.7 Å².